The van der Waals surface area contributed by atoms with Crippen molar-refractivity contribution >= 4 is 35.6 Å². The number of rotatable bonds is 7. The van der Waals surface area contributed by atoms with E-state index in [0.29, 0.717) is 6.54 Å². The molecular weight excluding hydrogens is 433 g/mol. The Kier molecular flexibility index (Phi) is 10.4. The fourth-order valence-corrected chi connectivity index (χ4v) is 2.80. The van der Waals surface area contributed by atoms with E-state index in [1.165, 1.54) is 38.4 Å². The minimum atomic E-state index is -0.380. The lowest BCUT2D eigenvalue weighted by Gasteiger charge is -2.26. The quantitative estimate of drug-likeness (QED) is 0.215. The van der Waals surface area contributed by atoms with Gasteiger partial charge >= 0.3 is 0 Å². The first-order valence-electron chi connectivity index (χ1n) is 8.67. The predicted molar refractivity (Wildman–Crippen MR) is 112 cm³/mol. The minimum absolute atomic E-state index is 0. The van der Waals surface area contributed by atoms with Crippen LogP contribution in [0.25, 0.3) is 0 Å². The lowest BCUT2D eigenvalue weighted by atomic mass is 10.1. The van der Waals surface area contributed by atoms with Crippen molar-refractivity contribution in [2.24, 2.45) is 4.99 Å². The van der Waals surface area contributed by atoms with Crippen molar-refractivity contribution < 1.29 is 4.92 Å². The number of nitro groups is 1. The summed E-state index contributed by atoms with van der Waals surface area (Å²) >= 11 is 0. The van der Waals surface area contributed by atoms with Gasteiger partial charge in [-0.25, -0.2) is 4.99 Å². The highest BCUT2D eigenvalue weighted by atomic mass is 127. The van der Waals surface area contributed by atoms with Gasteiger partial charge in [0.1, 0.15) is 0 Å². The van der Waals surface area contributed by atoms with E-state index in [-0.39, 0.29) is 34.6 Å². The third-order valence-electron chi connectivity index (χ3n) is 4.05. The molecule has 0 aromatic heterocycles. The summed E-state index contributed by atoms with van der Waals surface area (Å²) in [6.45, 7) is 7.45. The number of halogens is 1. The Hall–Kier alpha value is -1.42. The van der Waals surface area contributed by atoms with E-state index in [4.69, 9.17) is 0 Å². The van der Waals surface area contributed by atoms with Gasteiger partial charge in [0.2, 0.25) is 0 Å². The van der Waals surface area contributed by atoms with Gasteiger partial charge in [0.05, 0.1) is 11.5 Å². The number of hydrogen-bond acceptors (Lipinski definition) is 4. The summed E-state index contributed by atoms with van der Waals surface area (Å²) in [6.07, 6.45) is 3.93. The molecule has 7 nitrogen and oxygen atoms in total. The van der Waals surface area contributed by atoms with Crippen LogP contribution < -0.4 is 10.6 Å². The summed E-state index contributed by atoms with van der Waals surface area (Å²) in [5, 5.41) is 17.4. The highest BCUT2D eigenvalue weighted by molar-refractivity contribution is 14.0. The average Bonchev–Trinajstić information content (AvgIpc) is 2.61. The lowest BCUT2D eigenvalue weighted by molar-refractivity contribution is -0.384. The van der Waals surface area contributed by atoms with Gasteiger partial charge in [-0.3, -0.25) is 10.1 Å². The second kappa shape index (κ2) is 12.0. The second-order valence-corrected chi connectivity index (χ2v) is 5.95. The molecule has 0 unspecified atom stereocenters. The summed E-state index contributed by atoms with van der Waals surface area (Å²) in [4.78, 5) is 17.4. The maximum atomic E-state index is 10.8. The van der Waals surface area contributed by atoms with E-state index < -0.39 is 0 Å². The molecule has 1 aromatic rings. The molecule has 25 heavy (non-hydrogen) atoms. The van der Waals surface area contributed by atoms with E-state index in [1.54, 1.807) is 12.1 Å². The maximum absolute atomic E-state index is 10.8. The number of likely N-dealkylation sites (tertiary alicyclic amines) is 1. The third-order valence-corrected chi connectivity index (χ3v) is 4.05. The van der Waals surface area contributed by atoms with Crippen LogP contribution in [0.2, 0.25) is 0 Å². The first kappa shape index (κ1) is 21.6. The summed E-state index contributed by atoms with van der Waals surface area (Å²) in [7, 11) is 0. The van der Waals surface area contributed by atoms with Gasteiger partial charge in [-0.15, -0.1) is 24.0 Å². The molecule has 0 atom stereocenters. The molecule has 0 spiro atoms. The number of nitrogens with one attached hydrogen (secondary N) is 2. The van der Waals surface area contributed by atoms with E-state index >= 15 is 0 Å². The van der Waals surface area contributed by atoms with Crippen molar-refractivity contribution in [1.29, 1.82) is 0 Å². The molecule has 2 N–H and O–H groups in total. The number of non-ortho nitro benzene ring substituents is 1. The van der Waals surface area contributed by atoms with Crippen LogP contribution in [0.3, 0.4) is 0 Å². The van der Waals surface area contributed by atoms with Gasteiger partial charge in [0.15, 0.2) is 5.96 Å². The average molecular weight is 461 g/mol. The normalized spacial score (nSPS) is 15.3. The molecule has 1 aromatic carbocycles. The van der Waals surface area contributed by atoms with Gasteiger partial charge in [-0.1, -0.05) is 18.6 Å². The number of guanidine groups is 1. The molecule has 1 heterocycles. The van der Waals surface area contributed by atoms with Crippen LogP contribution in [0.4, 0.5) is 5.69 Å². The molecule has 2 rings (SSSR count). The molecule has 1 fully saturated rings. The molecule has 0 saturated carbocycles. The molecule has 0 bridgehead atoms. The number of piperidine rings is 1. The second-order valence-electron chi connectivity index (χ2n) is 5.95. The molecule has 0 amide bonds. The Morgan fingerprint density at radius 3 is 2.72 bits per heavy atom. The summed E-state index contributed by atoms with van der Waals surface area (Å²) < 4.78 is 0. The number of benzene rings is 1. The monoisotopic (exact) mass is 461 g/mol. The van der Waals surface area contributed by atoms with Crippen LogP contribution in [0.5, 0.6) is 0 Å². The Morgan fingerprint density at radius 1 is 1.28 bits per heavy atom. The molecule has 0 aliphatic carbocycles. The highest BCUT2D eigenvalue weighted by Crippen LogP contribution is 2.13. The van der Waals surface area contributed by atoms with E-state index in [0.717, 1.165) is 31.2 Å². The minimum Gasteiger partial charge on any atom is -0.357 e. The van der Waals surface area contributed by atoms with Crippen LogP contribution in [0.15, 0.2) is 29.3 Å². The molecule has 0 radical (unpaired) electrons. The Morgan fingerprint density at radius 2 is 2.04 bits per heavy atom. The molecule has 1 aliphatic heterocycles. The standard InChI is InChI=1S/C17H27N5O2.HI/c1-2-18-17(19-9-12-21-10-4-3-5-11-21)20-14-15-7-6-8-16(13-15)22(23)24;/h6-8,13H,2-5,9-12,14H2,1H3,(H2,18,19,20);1H. The van der Waals surface area contributed by atoms with Crippen LogP contribution in [-0.2, 0) is 6.54 Å². The number of nitro benzene ring substituents is 1. The molecule has 1 saturated heterocycles. The van der Waals surface area contributed by atoms with Crippen molar-refractivity contribution in [3.63, 3.8) is 0 Å². The summed E-state index contributed by atoms with van der Waals surface area (Å²) in [6, 6.07) is 6.61. The fourth-order valence-electron chi connectivity index (χ4n) is 2.80. The Labute approximate surface area is 166 Å². The number of aliphatic imine (C=N–C) groups is 1. The van der Waals surface area contributed by atoms with E-state index in [1.807, 2.05) is 13.0 Å². The Balaban J connectivity index is 0.00000312. The van der Waals surface area contributed by atoms with Gasteiger partial charge in [-0.05, 0) is 38.4 Å². The fraction of sp³-hybridized carbons (Fsp3) is 0.588. The van der Waals surface area contributed by atoms with Crippen molar-refractivity contribution in [3.8, 4) is 0 Å². The Bertz CT molecular complexity index is 562. The van der Waals surface area contributed by atoms with Crippen molar-refractivity contribution in [3.05, 3.63) is 39.9 Å². The number of nitrogens with zero attached hydrogens (tertiary/aromatic N) is 3. The lowest BCUT2D eigenvalue weighted by Crippen LogP contribution is -2.42. The third kappa shape index (κ3) is 8.00. The smallest absolute Gasteiger partial charge is 0.269 e. The van der Waals surface area contributed by atoms with E-state index in [2.05, 4.69) is 20.5 Å². The van der Waals surface area contributed by atoms with Crippen molar-refractivity contribution in [2.75, 3.05) is 32.7 Å². The van der Waals surface area contributed by atoms with Crippen molar-refractivity contribution in [2.45, 2.75) is 32.7 Å². The van der Waals surface area contributed by atoms with Gasteiger partial charge in [-0.2, -0.15) is 0 Å². The first-order valence-corrected chi connectivity index (χ1v) is 8.67. The SMILES string of the molecule is CCNC(=NCc1cccc([N+](=O)[O-])c1)NCCN1CCCCC1.I. The molecule has 1 aliphatic rings. The van der Waals surface area contributed by atoms with Crippen LogP contribution in [0, 0.1) is 10.1 Å². The molecule has 8 heteroatoms. The zero-order valence-corrected chi connectivity index (χ0v) is 17.1. The van der Waals surface area contributed by atoms with E-state index in [9.17, 15) is 10.1 Å². The van der Waals surface area contributed by atoms with Crippen LogP contribution in [-0.4, -0.2) is 48.5 Å². The summed E-state index contributed by atoms with van der Waals surface area (Å²) in [5.74, 6) is 0.751. The highest BCUT2D eigenvalue weighted by Gasteiger charge is 2.09. The maximum Gasteiger partial charge on any atom is 0.269 e. The van der Waals surface area contributed by atoms with Gasteiger partial charge < -0.3 is 15.5 Å². The molecular formula is C17H28IN5O2. The predicted octanol–water partition coefficient (Wildman–Crippen LogP) is 2.75. The van der Waals surface area contributed by atoms with Gasteiger partial charge in [0.25, 0.3) is 5.69 Å². The zero-order valence-electron chi connectivity index (χ0n) is 14.7. The summed E-state index contributed by atoms with van der Waals surface area (Å²) in [5.41, 5.74) is 0.934. The zero-order chi connectivity index (χ0) is 17.2. The van der Waals surface area contributed by atoms with Crippen molar-refractivity contribution in [1.82, 2.24) is 15.5 Å². The first-order chi connectivity index (χ1) is 11.7. The number of hydrogen-bond donors (Lipinski definition) is 2. The molecule has 140 valence electrons. The topological polar surface area (TPSA) is 82.8 Å². The van der Waals surface area contributed by atoms with Crippen LogP contribution >= 0.6 is 24.0 Å². The van der Waals surface area contributed by atoms with Crippen LogP contribution in [0.1, 0.15) is 31.7 Å². The van der Waals surface area contributed by atoms with Gasteiger partial charge in [0, 0.05) is 31.8 Å². The largest absolute Gasteiger partial charge is 0.357 e.